The summed E-state index contributed by atoms with van der Waals surface area (Å²) in [6, 6.07) is 20.7. The third-order valence-corrected chi connectivity index (χ3v) is 2.37. The zero-order valence-corrected chi connectivity index (χ0v) is 9.38. The van der Waals surface area contributed by atoms with E-state index in [1.807, 2.05) is 25.1 Å². The second-order valence-corrected chi connectivity index (χ2v) is 3.52. The van der Waals surface area contributed by atoms with Gasteiger partial charge in [-0.2, -0.15) is 0 Å². The molecule has 2 aromatic carbocycles. The minimum Gasteiger partial charge on any atom is -0.318 e. The lowest BCUT2D eigenvalue weighted by atomic mass is 10.2. The van der Waals surface area contributed by atoms with E-state index < -0.39 is 0 Å². The van der Waals surface area contributed by atoms with Gasteiger partial charge in [-0.15, -0.1) is 0 Å². The Labute approximate surface area is 96.7 Å². The highest BCUT2D eigenvalue weighted by atomic mass is 15.1. The Morgan fingerprint density at radius 1 is 0.750 bits per heavy atom. The molecule has 0 aliphatic carbocycles. The van der Waals surface area contributed by atoms with Gasteiger partial charge < -0.3 is 4.90 Å². The van der Waals surface area contributed by atoms with E-state index in [0.29, 0.717) is 0 Å². The second kappa shape index (κ2) is 5.17. The molecule has 0 aliphatic heterocycles. The van der Waals surface area contributed by atoms with Crippen molar-refractivity contribution in [2.45, 2.75) is 6.92 Å². The van der Waals surface area contributed by atoms with Crippen LogP contribution in [0, 0.1) is 0 Å². The number of benzene rings is 2. The zero-order valence-electron chi connectivity index (χ0n) is 9.38. The molecule has 0 spiro atoms. The van der Waals surface area contributed by atoms with E-state index in [9.17, 15) is 0 Å². The first-order chi connectivity index (χ1) is 7.92. The monoisotopic (exact) mass is 209 g/mol. The van der Waals surface area contributed by atoms with Crippen LogP contribution in [-0.2, 0) is 0 Å². The molecule has 80 valence electrons. The molecule has 2 aromatic rings. The summed E-state index contributed by atoms with van der Waals surface area (Å²) in [6.45, 7) is 2.03. The van der Waals surface area contributed by atoms with Crippen LogP contribution in [0.2, 0.25) is 0 Å². The van der Waals surface area contributed by atoms with Crippen molar-refractivity contribution in [1.82, 2.24) is 0 Å². The predicted molar refractivity (Wildman–Crippen MR) is 69.8 cm³/mol. The number of anilines is 2. The van der Waals surface area contributed by atoms with Crippen LogP contribution >= 0.6 is 0 Å². The number of rotatable bonds is 3. The molecule has 0 heterocycles. The number of hydrogen-bond acceptors (Lipinski definition) is 1. The molecule has 0 bridgehead atoms. The van der Waals surface area contributed by atoms with Gasteiger partial charge in [-0.05, 0) is 31.2 Å². The predicted octanol–water partition coefficient (Wildman–Crippen LogP) is 4.36. The smallest absolute Gasteiger partial charge is 0.0455 e. The number of allylic oxidation sites excluding steroid dienone is 1. The van der Waals surface area contributed by atoms with Gasteiger partial charge in [0.1, 0.15) is 0 Å². The molecule has 0 unspecified atom stereocenters. The summed E-state index contributed by atoms with van der Waals surface area (Å²) in [5.41, 5.74) is 2.35. The molecule has 0 radical (unpaired) electrons. The molecule has 0 saturated heterocycles. The summed E-state index contributed by atoms with van der Waals surface area (Å²) >= 11 is 0. The van der Waals surface area contributed by atoms with Gasteiger partial charge in [0.05, 0.1) is 0 Å². The van der Waals surface area contributed by atoms with Gasteiger partial charge in [0.15, 0.2) is 0 Å². The molecule has 0 atom stereocenters. The molecule has 1 nitrogen and oxygen atoms in total. The largest absolute Gasteiger partial charge is 0.318 e. The first-order valence-electron chi connectivity index (χ1n) is 5.44. The summed E-state index contributed by atoms with van der Waals surface area (Å²) < 4.78 is 0. The van der Waals surface area contributed by atoms with Crippen LogP contribution < -0.4 is 4.90 Å². The van der Waals surface area contributed by atoms with Gasteiger partial charge in [0.25, 0.3) is 0 Å². The van der Waals surface area contributed by atoms with E-state index in [4.69, 9.17) is 0 Å². The van der Waals surface area contributed by atoms with E-state index in [2.05, 4.69) is 59.6 Å². The van der Waals surface area contributed by atoms with E-state index in [1.165, 1.54) is 11.4 Å². The number of nitrogens with zero attached hydrogens (tertiary/aromatic N) is 1. The van der Waals surface area contributed by atoms with Crippen molar-refractivity contribution in [1.29, 1.82) is 0 Å². The van der Waals surface area contributed by atoms with Crippen LogP contribution in [0.25, 0.3) is 0 Å². The maximum Gasteiger partial charge on any atom is 0.0455 e. The summed E-state index contributed by atoms with van der Waals surface area (Å²) in [4.78, 5) is 2.17. The minimum atomic E-state index is 1.17. The third-order valence-electron chi connectivity index (χ3n) is 2.37. The lowest BCUT2D eigenvalue weighted by Crippen LogP contribution is -2.07. The second-order valence-electron chi connectivity index (χ2n) is 3.52. The standard InChI is InChI=1S/C15H15N/c1-2-13-16(14-9-5-3-6-10-14)15-11-7-4-8-12-15/h2-13H,1H3/b13-2-. The highest BCUT2D eigenvalue weighted by Crippen LogP contribution is 2.24. The van der Waals surface area contributed by atoms with E-state index in [0.717, 1.165) is 0 Å². The molecule has 1 heteroatoms. The van der Waals surface area contributed by atoms with E-state index >= 15 is 0 Å². The Morgan fingerprint density at radius 3 is 1.56 bits per heavy atom. The molecule has 2 rings (SSSR count). The van der Waals surface area contributed by atoms with Crippen LogP contribution in [0.5, 0.6) is 0 Å². The molecule has 0 aromatic heterocycles. The Morgan fingerprint density at radius 2 is 1.19 bits per heavy atom. The molecular formula is C15H15N. The third kappa shape index (κ3) is 2.31. The van der Waals surface area contributed by atoms with Crippen LogP contribution in [-0.4, -0.2) is 0 Å². The lowest BCUT2D eigenvalue weighted by molar-refractivity contribution is 1.27. The molecule has 0 saturated carbocycles. The van der Waals surface area contributed by atoms with Crippen molar-refractivity contribution in [2.75, 3.05) is 4.90 Å². The first kappa shape index (κ1) is 10.5. The van der Waals surface area contributed by atoms with Crippen molar-refractivity contribution >= 4 is 11.4 Å². The molecule has 16 heavy (non-hydrogen) atoms. The maximum absolute atomic E-state index is 2.17. The fourth-order valence-corrected chi connectivity index (χ4v) is 1.65. The van der Waals surface area contributed by atoms with Gasteiger partial charge in [-0.3, -0.25) is 0 Å². The number of hydrogen-bond donors (Lipinski definition) is 0. The highest BCUT2D eigenvalue weighted by molar-refractivity contribution is 5.65. The Bertz CT molecular complexity index is 406. The van der Waals surface area contributed by atoms with E-state index in [-0.39, 0.29) is 0 Å². The SMILES string of the molecule is C/C=C\N(c1ccccc1)c1ccccc1. The minimum absolute atomic E-state index is 1.17. The van der Waals surface area contributed by atoms with Crippen molar-refractivity contribution in [3.05, 3.63) is 72.9 Å². The van der Waals surface area contributed by atoms with Crippen molar-refractivity contribution in [3.8, 4) is 0 Å². The van der Waals surface area contributed by atoms with E-state index in [1.54, 1.807) is 0 Å². The summed E-state index contributed by atoms with van der Waals surface area (Å²) in [6.07, 6.45) is 4.12. The Kier molecular flexibility index (Phi) is 3.39. The van der Waals surface area contributed by atoms with Crippen LogP contribution in [0.1, 0.15) is 6.92 Å². The number of para-hydroxylation sites is 2. The van der Waals surface area contributed by atoms with Crippen LogP contribution in [0.3, 0.4) is 0 Å². The maximum atomic E-state index is 2.17. The molecular weight excluding hydrogens is 194 g/mol. The molecule has 0 aliphatic rings. The fourth-order valence-electron chi connectivity index (χ4n) is 1.65. The van der Waals surface area contributed by atoms with Gasteiger partial charge in [-0.1, -0.05) is 42.5 Å². The molecule has 0 amide bonds. The summed E-state index contributed by atoms with van der Waals surface area (Å²) in [5.74, 6) is 0. The highest BCUT2D eigenvalue weighted by Gasteiger charge is 2.03. The van der Waals surface area contributed by atoms with Gasteiger partial charge in [0.2, 0.25) is 0 Å². The average Bonchev–Trinajstić information content (AvgIpc) is 2.38. The van der Waals surface area contributed by atoms with Crippen molar-refractivity contribution < 1.29 is 0 Å². The summed E-state index contributed by atoms with van der Waals surface area (Å²) in [7, 11) is 0. The first-order valence-corrected chi connectivity index (χ1v) is 5.44. The van der Waals surface area contributed by atoms with Gasteiger partial charge in [0, 0.05) is 17.6 Å². The lowest BCUT2D eigenvalue weighted by Gasteiger charge is -2.20. The zero-order chi connectivity index (χ0) is 11.2. The van der Waals surface area contributed by atoms with Crippen molar-refractivity contribution in [3.63, 3.8) is 0 Å². The quantitative estimate of drug-likeness (QED) is 0.726. The van der Waals surface area contributed by atoms with Gasteiger partial charge >= 0.3 is 0 Å². The molecule has 0 fully saturated rings. The van der Waals surface area contributed by atoms with Crippen molar-refractivity contribution in [2.24, 2.45) is 0 Å². The Balaban J connectivity index is 2.39. The fraction of sp³-hybridized carbons (Fsp3) is 0.0667. The van der Waals surface area contributed by atoms with Crippen LogP contribution in [0.15, 0.2) is 72.9 Å². The average molecular weight is 209 g/mol. The molecule has 0 N–H and O–H groups in total. The van der Waals surface area contributed by atoms with Gasteiger partial charge in [-0.25, -0.2) is 0 Å². The normalized spacial score (nSPS) is 10.6. The van der Waals surface area contributed by atoms with Crippen LogP contribution in [0.4, 0.5) is 11.4 Å². The summed E-state index contributed by atoms with van der Waals surface area (Å²) in [5, 5.41) is 0. The Hall–Kier alpha value is -2.02. The topological polar surface area (TPSA) is 3.24 Å².